The third-order valence-electron chi connectivity index (χ3n) is 1.45. The second-order valence-electron chi connectivity index (χ2n) is 2.48. The molecule has 0 saturated heterocycles. The van der Waals surface area contributed by atoms with Crippen LogP contribution in [-0.2, 0) is 10.0 Å². The van der Waals surface area contributed by atoms with Crippen molar-refractivity contribution >= 4 is 41.9 Å². The van der Waals surface area contributed by atoms with Crippen molar-refractivity contribution in [3.63, 3.8) is 0 Å². The normalized spacial score (nSPS) is 12.1. The Bertz CT molecular complexity index is 492. The van der Waals surface area contributed by atoms with Crippen molar-refractivity contribution in [1.82, 2.24) is 4.98 Å². The van der Waals surface area contributed by atoms with Crippen LogP contribution in [0.3, 0.4) is 0 Å². The van der Waals surface area contributed by atoms with Crippen molar-refractivity contribution in [2.75, 3.05) is 0 Å². The number of nitrogens with zero attached hydrogens (tertiary/aromatic N) is 1. The van der Waals surface area contributed by atoms with Crippen LogP contribution < -0.4 is 5.14 Å². The highest BCUT2D eigenvalue weighted by Crippen LogP contribution is 2.34. The molecule has 0 fully saturated rings. The van der Waals surface area contributed by atoms with Crippen LogP contribution in [0.4, 0.5) is 8.78 Å². The number of pyridine rings is 1. The van der Waals surface area contributed by atoms with E-state index in [1.165, 1.54) is 0 Å². The summed E-state index contributed by atoms with van der Waals surface area (Å²) in [6, 6.07) is 0. The zero-order valence-electron chi connectivity index (χ0n) is 6.92. The average molecular weight is 366 g/mol. The summed E-state index contributed by atoms with van der Waals surface area (Å²) in [6.45, 7) is 0. The highest BCUT2D eigenvalue weighted by Gasteiger charge is 2.24. The lowest BCUT2D eigenvalue weighted by molar-refractivity contribution is 0.144. The Labute approximate surface area is 101 Å². The van der Waals surface area contributed by atoms with E-state index < -0.39 is 27.0 Å². The number of nitrogens with two attached hydrogens (primary N) is 1. The first-order valence-electron chi connectivity index (χ1n) is 3.40. The first-order valence-corrected chi connectivity index (χ1v) is 6.53. The minimum Gasteiger partial charge on any atom is -0.253 e. The van der Waals surface area contributed by atoms with E-state index in [0.717, 1.165) is 6.20 Å². The van der Waals surface area contributed by atoms with E-state index in [-0.39, 0.29) is 8.95 Å². The lowest BCUT2D eigenvalue weighted by Gasteiger charge is -2.08. The van der Waals surface area contributed by atoms with Gasteiger partial charge in [-0.05, 0) is 31.9 Å². The predicted molar refractivity (Wildman–Crippen MR) is 56.0 cm³/mol. The van der Waals surface area contributed by atoms with Gasteiger partial charge in [0.2, 0.25) is 10.0 Å². The van der Waals surface area contributed by atoms with Gasteiger partial charge in [0.25, 0.3) is 6.43 Å². The van der Waals surface area contributed by atoms with Crippen LogP contribution >= 0.6 is 31.9 Å². The maximum absolute atomic E-state index is 12.4. The van der Waals surface area contributed by atoms with E-state index in [0.29, 0.717) is 0 Å². The molecule has 84 valence electrons. The number of hydrogen-bond acceptors (Lipinski definition) is 3. The smallest absolute Gasteiger partial charge is 0.253 e. The molecular formula is C6H4Br2F2N2O2S. The van der Waals surface area contributed by atoms with Crippen molar-refractivity contribution < 1.29 is 17.2 Å². The zero-order chi connectivity index (χ0) is 11.8. The summed E-state index contributed by atoms with van der Waals surface area (Å²) in [5.41, 5.74) is -0.665. The fourth-order valence-corrected chi connectivity index (χ4v) is 3.96. The van der Waals surface area contributed by atoms with Crippen molar-refractivity contribution in [1.29, 1.82) is 0 Å². The summed E-state index contributed by atoms with van der Waals surface area (Å²) in [7, 11) is -4.09. The topological polar surface area (TPSA) is 73.1 Å². The van der Waals surface area contributed by atoms with E-state index in [4.69, 9.17) is 5.14 Å². The molecule has 0 unspecified atom stereocenters. The van der Waals surface area contributed by atoms with Crippen molar-refractivity contribution in [3.05, 3.63) is 20.8 Å². The largest absolute Gasteiger partial charge is 0.281 e. The number of hydrogen-bond donors (Lipinski definition) is 1. The molecule has 9 heteroatoms. The Kier molecular flexibility index (Phi) is 3.80. The maximum Gasteiger partial charge on any atom is 0.281 e. The van der Waals surface area contributed by atoms with Gasteiger partial charge >= 0.3 is 0 Å². The van der Waals surface area contributed by atoms with Crippen molar-refractivity contribution in [2.45, 2.75) is 11.3 Å². The van der Waals surface area contributed by atoms with Gasteiger partial charge in [-0.3, -0.25) is 4.98 Å². The predicted octanol–water partition coefficient (Wildman–Crippen LogP) is 2.19. The molecule has 2 N–H and O–H groups in total. The van der Waals surface area contributed by atoms with Gasteiger partial charge in [-0.2, -0.15) is 0 Å². The molecule has 1 aromatic rings. The van der Waals surface area contributed by atoms with Crippen LogP contribution in [0.5, 0.6) is 0 Å². The molecule has 4 nitrogen and oxygen atoms in total. The summed E-state index contributed by atoms with van der Waals surface area (Å²) in [4.78, 5) is 2.95. The van der Waals surface area contributed by atoms with Crippen molar-refractivity contribution in [3.8, 4) is 0 Å². The highest BCUT2D eigenvalue weighted by atomic mass is 79.9. The Balaban J connectivity index is 3.59. The van der Waals surface area contributed by atoms with Crippen LogP contribution in [0.2, 0.25) is 0 Å². The number of aromatic nitrogens is 1. The van der Waals surface area contributed by atoms with E-state index in [2.05, 4.69) is 36.8 Å². The van der Waals surface area contributed by atoms with Crippen LogP contribution in [0.1, 0.15) is 12.1 Å². The Hall–Kier alpha value is -0.120. The maximum atomic E-state index is 12.4. The van der Waals surface area contributed by atoms with Gasteiger partial charge < -0.3 is 0 Å². The van der Waals surface area contributed by atoms with Gasteiger partial charge in [-0.25, -0.2) is 22.3 Å². The van der Waals surface area contributed by atoms with Crippen molar-refractivity contribution in [2.24, 2.45) is 5.14 Å². The van der Waals surface area contributed by atoms with Gasteiger partial charge in [-0.1, -0.05) is 0 Å². The van der Waals surface area contributed by atoms with Gasteiger partial charge in [-0.15, -0.1) is 0 Å². The molecule has 0 aliphatic rings. The summed E-state index contributed by atoms with van der Waals surface area (Å²) >= 11 is 5.61. The van der Waals surface area contributed by atoms with Gasteiger partial charge in [0.1, 0.15) is 10.6 Å². The first-order chi connectivity index (χ1) is 6.75. The second-order valence-corrected chi connectivity index (χ2v) is 5.63. The average Bonchev–Trinajstić information content (AvgIpc) is 2.00. The van der Waals surface area contributed by atoms with E-state index in [9.17, 15) is 17.2 Å². The Morgan fingerprint density at radius 2 is 1.93 bits per heavy atom. The molecule has 0 aliphatic heterocycles. The van der Waals surface area contributed by atoms with Crippen LogP contribution in [0, 0.1) is 0 Å². The molecule has 1 aromatic heterocycles. The first kappa shape index (κ1) is 12.9. The number of primary sulfonamides is 1. The summed E-state index contributed by atoms with van der Waals surface area (Å²) in [6.07, 6.45) is -1.92. The van der Waals surface area contributed by atoms with E-state index >= 15 is 0 Å². The Morgan fingerprint density at radius 3 is 2.33 bits per heavy atom. The number of alkyl halides is 2. The lowest BCUT2D eigenvalue weighted by atomic mass is 10.4. The monoisotopic (exact) mass is 364 g/mol. The minimum absolute atomic E-state index is 0.0290. The molecular weight excluding hydrogens is 362 g/mol. The summed E-state index contributed by atoms with van der Waals surface area (Å²) in [5.74, 6) is 0. The fraction of sp³-hybridized carbons (Fsp3) is 0.167. The molecule has 0 bridgehead atoms. The third-order valence-corrected chi connectivity index (χ3v) is 4.37. The molecule has 0 aromatic carbocycles. The molecule has 0 spiro atoms. The molecule has 15 heavy (non-hydrogen) atoms. The Morgan fingerprint density at radius 1 is 1.40 bits per heavy atom. The van der Waals surface area contributed by atoms with Crippen LogP contribution in [-0.4, -0.2) is 13.4 Å². The number of sulfonamides is 1. The number of rotatable bonds is 2. The van der Waals surface area contributed by atoms with Gasteiger partial charge in [0, 0.05) is 6.20 Å². The highest BCUT2D eigenvalue weighted by molar-refractivity contribution is 9.11. The molecule has 0 radical (unpaired) electrons. The van der Waals surface area contributed by atoms with Gasteiger partial charge in [0.05, 0.1) is 8.95 Å². The molecule has 0 amide bonds. The summed E-state index contributed by atoms with van der Waals surface area (Å²) < 4.78 is 46.7. The van der Waals surface area contributed by atoms with Crippen LogP contribution in [0.25, 0.3) is 0 Å². The van der Waals surface area contributed by atoms with Crippen LogP contribution in [0.15, 0.2) is 20.0 Å². The summed E-state index contributed by atoms with van der Waals surface area (Å²) in [5, 5.41) is 4.87. The van der Waals surface area contributed by atoms with Gasteiger partial charge in [0.15, 0.2) is 0 Å². The SMILES string of the molecule is NS(=O)(=O)c1c(Br)cnc(C(F)F)c1Br. The molecule has 0 aliphatic carbocycles. The minimum atomic E-state index is -4.09. The zero-order valence-corrected chi connectivity index (χ0v) is 10.9. The molecule has 1 heterocycles. The third kappa shape index (κ3) is 2.71. The van der Waals surface area contributed by atoms with E-state index in [1.54, 1.807) is 0 Å². The lowest BCUT2D eigenvalue weighted by Crippen LogP contribution is -2.15. The molecule has 0 atom stereocenters. The fourth-order valence-electron chi connectivity index (χ4n) is 0.876. The number of halogens is 4. The quantitative estimate of drug-likeness (QED) is 0.873. The standard InChI is InChI=1S/C6H4Br2F2N2O2S/c7-2-1-12-4(6(9)10)3(8)5(2)15(11,13)14/h1,6H,(H2,11,13,14). The molecule has 0 saturated carbocycles. The molecule has 1 rings (SSSR count). The second kappa shape index (κ2) is 4.40. The van der Waals surface area contributed by atoms with E-state index in [1.807, 2.05) is 0 Å².